The summed E-state index contributed by atoms with van der Waals surface area (Å²) in [5.74, 6) is 0. The zero-order valence-corrected chi connectivity index (χ0v) is 5.26. The summed E-state index contributed by atoms with van der Waals surface area (Å²) < 4.78 is 1.81. The molecule has 48 valence electrons. The first-order chi connectivity index (χ1) is 4.20. The predicted octanol–water partition coefficient (Wildman–Crippen LogP) is 0.0868. The lowest BCUT2D eigenvalue weighted by molar-refractivity contribution is 0.898. The van der Waals surface area contributed by atoms with Gasteiger partial charge in [0.05, 0.1) is 11.0 Å². The topological polar surface area (TPSA) is 54.8 Å². The Bertz CT molecular complexity index is 261. The number of hydrogen-bond acceptors (Lipinski definition) is 2. The largest absolute Gasteiger partial charge is 0.396 e. The Morgan fingerprint density at radius 1 is 1.67 bits per heavy atom. The van der Waals surface area contributed by atoms with Crippen LogP contribution in [0.5, 0.6) is 0 Å². The highest BCUT2D eigenvalue weighted by molar-refractivity contribution is 5.31. The third-order valence-electron chi connectivity index (χ3n) is 1.13. The van der Waals surface area contributed by atoms with Crippen molar-refractivity contribution in [2.45, 2.75) is 0 Å². The van der Waals surface area contributed by atoms with Gasteiger partial charge in [-0.3, -0.25) is 5.41 Å². The fraction of sp³-hybridized carbons (Fsp3) is 0.167. The monoisotopic (exact) mass is 123 g/mol. The van der Waals surface area contributed by atoms with Gasteiger partial charge in [0.15, 0.2) is 0 Å². The number of aryl methyl sites for hydroxylation is 1. The lowest BCUT2D eigenvalue weighted by atomic mass is 10.4. The second kappa shape index (κ2) is 1.93. The smallest absolute Gasteiger partial charge is 0.0798 e. The zero-order valence-electron chi connectivity index (χ0n) is 5.26. The molecule has 0 aromatic carbocycles. The van der Waals surface area contributed by atoms with E-state index in [1.807, 2.05) is 11.6 Å². The molecular weight excluding hydrogens is 114 g/mol. The molecule has 3 nitrogen and oxygen atoms in total. The van der Waals surface area contributed by atoms with E-state index in [1.54, 1.807) is 18.5 Å². The molecule has 0 atom stereocenters. The molecule has 0 aliphatic carbocycles. The maximum atomic E-state index is 7.18. The van der Waals surface area contributed by atoms with Crippen LogP contribution in [0.2, 0.25) is 0 Å². The zero-order chi connectivity index (χ0) is 6.85. The molecule has 1 heterocycles. The van der Waals surface area contributed by atoms with E-state index >= 15 is 0 Å². The molecule has 0 amide bonds. The van der Waals surface area contributed by atoms with Crippen LogP contribution in [-0.4, -0.2) is 4.57 Å². The lowest BCUT2D eigenvalue weighted by Crippen LogP contribution is -2.08. The first kappa shape index (κ1) is 5.88. The van der Waals surface area contributed by atoms with Crippen LogP contribution in [0.4, 0.5) is 5.69 Å². The maximum Gasteiger partial charge on any atom is 0.0798 e. The molecular formula is C6H9N3. The molecule has 0 fully saturated rings. The number of hydrogen-bond donors (Lipinski definition) is 2. The Kier molecular flexibility index (Phi) is 1.26. The van der Waals surface area contributed by atoms with Crippen molar-refractivity contribution < 1.29 is 0 Å². The first-order valence-electron chi connectivity index (χ1n) is 2.66. The number of aromatic nitrogens is 1. The molecule has 3 heteroatoms. The summed E-state index contributed by atoms with van der Waals surface area (Å²) in [6.07, 6.45) is 3.50. The van der Waals surface area contributed by atoms with Crippen molar-refractivity contribution in [1.29, 1.82) is 5.41 Å². The SMILES string of the molecule is Cn1ccc(=N)c(N)c1. The van der Waals surface area contributed by atoms with Crippen LogP contribution in [0.1, 0.15) is 0 Å². The van der Waals surface area contributed by atoms with Gasteiger partial charge in [-0.2, -0.15) is 0 Å². The Balaban J connectivity index is 3.34. The van der Waals surface area contributed by atoms with Gasteiger partial charge in [-0.1, -0.05) is 0 Å². The minimum atomic E-state index is 0.383. The molecule has 0 saturated heterocycles. The fourth-order valence-corrected chi connectivity index (χ4v) is 0.620. The quantitative estimate of drug-likeness (QED) is 0.504. The lowest BCUT2D eigenvalue weighted by Gasteiger charge is -1.97. The van der Waals surface area contributed by atoms with Gasteiger partial charge in [-0.05, 0) is 6.07 Å². The normalized spacial score (nSPS) is 9.44. The molecule has 0 aliphatic heterocycles. The van der Waals surface area contributed by atoms with Gasteiger partial charge in [0.1, 0.15) is 0 Å². The van der Waals surface area contributed by atoms with Crippen LogP contribution in [0.3, 0.4) is 0 Å². The molecule has 3 N–H and O–H groups in total. The molecule has 0 spiro atoms. The second-order valence-electron chi connectivity index (χ2n) is 1.98. The van der Waals surface area contributed by atoms with Crippen LogP contribution >= 0.6 is 0 Å². The highest BCUT2D eigenvalue weighted by Crippen LogP contribution is 1.87. The molecule has 0 bridgehead atoms. The molecule has 9 heavy (non-hydrogen) atoms. The number of nitrogens with zero attached hydrogens (tertiary/aromatic N) is 1. The van der Waals surface area contributed by atoms with Crippen LogP contribution in [0, 0.1) is 5.41 Å². The highest BCUT2D eigenvalue weighted by Gasteiger charge is 1.85. The van der Waals surface area contributed by atoms with Crippen molar-refractivity contribution in [3.63, 3.8) is 0 Å². The summed E-state index contributed by atoms with van der Waals surface area (Å²) >= 11 is 0. The van der Waals surface area contributed by atoms with E-state index in [9.17, 15) is 0 Å². The molecule has 1 rings (SSSR count). The van der Waals surface area contributed by atoms with E-state index in [4.69, 9.17) is 11.1 Å². The molecule has 0 aliphatic rings. The number of pyridine rings is 1. The van der Waals surface area contributed by atoms with Crippen molar-refractivity contribution in [3.8, 4) is 0 Å². The van der Waals surface area contributed by atoms with Gasteiger partial charge in [0.25, 0.3) is 0 Å². The predicted molar refractivity (Wildman–Crippen MR) is 35.7 cm³/mol. The van der Waals surface area contributed by atoms with Gasteiger partial charge < -0.3 is 10.3 Å². The van der Waals surface area contributed by atoms with Crippen LogP contribution in [-0.2, 0) is 7.05 Å². The molecule has 1 aromatic rings. The number of nitrogen functional groups attached to an aromatic ring is 1. The average molecular weight is 123 g/mol. The van der Waals surface area contributed by atoms with E-state index < -0.39 is 0 Å². The van der Waals surface area contributed by atoms with Crippen molar-refractivity contribution >= 4 is 5.69 Å². The fourth-order valence-electron chi connectivity index (χ4n) is 0.620. The van der Waals surface area contributed by atoms with Gasteiger partial charge in [0, 0.05) is 19.4 Å². The number of nitrogens with two attached hydrogens (primary N) is 1. The molecule has 0 radical (unpaired) electrons. The van der Waals surface area contributed by atoms with E-state index in [-0.39, 0.29) is 0 Å². The van der Waals surface area contributed by atoms with Gasteiger partial charge in [0.2, 0.25) is 0 Å². The summed E-state index contributed by atoms with van der Waals surface area (Å²) in [6.45, 7) is 0. The van der Waals surface area contributed by atoms with E-state index in [1.165, 1.54) is 0 Å². The number of anilines is 1. The highest BCUT2D eigenvalue weighted by atomic mass is 14.9. The minimum absolute atomic E-state index is 0.383. The van der Waals surface area contributed by atoms with Crippen molar-refractivity contribution in [1.82, 2.24) is 4.57 Å². The van der Waals surface area contributed by atoms with E-state index in [2.05, 4.69) is 0 Å². The van der Waals surface area contributed by atoms with Crippen molar-refractivity contribution in [3.05, 3.63) is 23.8 Å². The van der Waals surface area contributed by atoms with Gasteiger partial charge in [-0.15, -0.1) is 0 Å². The van der Waals surface area contributed by atoms with Gasteiger partial charge >= 0.3 is 0 Å². The summed E-state index contributed by atoms with van der Waals surface area (Å²) in [7, 11) is 1.87. The van der Waals surface area contributed by atoms with Gasteiger partial charge in [-0.25, -0.2) is 0 Å². The van der Waals surface area contributed by atoms with Crippen molar-refractivity contribution in [2.75, 3.05) is 5.73 Å². The Morgan fingerprint density at radius 2 is 2.33 bits per heavy atom. The molecule has 0 unspecified atom stereocenters. The Morgan fingerprint density at radius 3 is 2.78 bits per heavy atom. The summed E-state index contributed by atoms with van der Waals surface area (Å²) in [5.41, 5.74) is 5.93. The average Bonchev–Trinajstić information content (AvgIpc) is 1.80. The minimum Gasteiger partial charge on any atom is -0.396 e. The number of rotatable bonds is 0. The standard InChI is InChI=1S/C6H9N3/c1-9-3-2-5(7)6(8)4-9/h2-4,7H,8H2,1H3. The third kappa shape index (κ3) is 1.10. The van der Waals surface area contributed by atoms with Crippen LogP contribution in [0.15, 0.2) is 18.5 Å². The number of nitrogens with one attached hydrogen (secondary N) is 1. The molecule has 0 saturated carbocycles. The van der Waals surface area contributed by atoms with E-state index in [0.29, 0.717) is 11.0 Å². The Hall–Kier alpha value is -1.25. The van der Waals surface area contributed by atoms with Crippen LogP contribution in [0.25, 0.3) is 0 Å². The Labute approximate surface area is 53.3 Å². The van der Waals surface area contributed by atoms with E-state index in [0.717, 1.165) is 0 Å². The second-order valence-corrected chi connectivity index (χ2v) is 1.98. The maximum absolute atomic E-state index is 7.18. The first-order valence-corrected chi connectivity index (χ1v) is 2.66. The van der Waals surface area contributed by atoms with Crippen LogP contribution < -0.4 is 11.1 Å². The van der Waals surface area contributed by atoms with Crippen molar-refractivity contribution in [2.24, 2.45) is 7.05 Å². The molecule has 1 aromatic heterocycles. The summed E-state index contributed by atoms with van der Waals surface area (Å²) in [6, 6.07) is 1.66. The summed E-state index contributed by atoms with van der Waals surface area (Å²) in [5, 5.41) is 7.56. The summed E-state index contributed by atoms with van der Waals surface area (Å²) in [4.78, 5) is 0. The third-order valence-corrected chi connectivity index (χ3v) is 1.13.